The molecule has 1 spiro atoms. The summed E-state index contributed by atoms with van der Waals surface area (Å²) < 4.78 is 22.9. The molecule has 15 heavy (non-hydrogen) atoms. The molecule has 1 heterocycles. The maximum Gasteiger partial charge on any atom is 0.150 e. The van der Waals surface area contributed by atoms with Gasteiger partial charge in [0.1, 0.15) is 9.84 Å². The first-order valence-electron chi connectivity index (χ1n) is 5.92. The van der Waals surface area contributed by atoms with Gasteiger partial charge in [0.05, 0.1) is 5.25 Å². The Hall–Kier alpha value is -0.0900. The van der Waals surface area contributed by atoms with Crippen LogP contribution in [-0.4, -0.2) is 33.0 Å². The molecule has 2 aliphatic rings. The van der Waals surface area contributed by atoms with Gasteiger partial charge in [-0.25, -0.2) is 8.42 Å². The van der Waals surface area contributed by atoms with Crippen molar-refractivity contribution < 1.29 is 8.42 Å². The molecule has 0 aromatic heterocycles. The van der Waals surface area contributed by atoms with E-state index in [9.17, 15) is 8.42 Å². The molecule has 0 aromatic carbocycles. The van der Waals surface area contributed by atoms with E-state index in [1.165, 1.54) is 19.1 Å². The average molecular weight is 231 g/mol. The Morgan fingerprint density at radius 3 is 2.07 bits per heavy atom. The third kappa shape index (κ3) is 2.53. The van der Waals surface area contributed by atoms with Gasteiger partial charge in [-0.05, 0) is 57.0 Å². The van der Waals surface area contributed by atoms with Gasteiger partial charge in [0.25, 0.3) is 0 Å². The fraction of sp³-hybridized carbons (Fsp3) is 1.00. The van der Waals surface area contributed by atoms with Crippen LogP contribution < -0.4 is 5.32 Å². The van der Waals surface area contributed by atoms with E-state index in [2.05, 4.69) is 5.32 Å². The van der Waals surface area contributed by atoms with Crippen molar-refractivity contribution in [2.45, 2.75) is 43.8 Å². The van der Waals surface area contributed by atoms with Crippen LogP contribution in [-0.2, 0) is 9.84 Å². The highest BCUT2D eigenvalue weighted by Crippen LogP contribution is 2.44. The smallest absolute Gasteiger partial charge is 0.150 e. The standard InChI is InChI=1S/C11H21NO2S/c1-15(13,14)10-2-4-11(5-3-10)6-8-12-9-7-11/h10,12H,2-9H2,1H3. The maximum atomic E-state index is 11.4. The summed E-state index contributed by atoms with van der Waals surface area (Å²) in [6.45, 7) is 2.23. The fourth-order valence-electron chi connectivity index (χ4n) is 3.09. The first kappa shape index (κ1) is 11.4. The molecule has 0 bridgehead atoms. The van der Waals surface area contributed by atoms with Crippen LogP contribution in [0.1, 0.15) is 38.5 Å². The molecule has 0 radical (unpaired) electrons. The maximum absolute atomic E-state index is 11.4. The second kappa shape index (κ2) is 4.06. The van der Waals surface area contributed by atoms with E-state index in [1.807, 2.05) is 0 Å². The Labute approximate surface area is 92.6 Å². The molecule has 1 saturated heterocycles. The molecule has 3 nitrogen and oxygen atoms in total. The van der Waals surface area contributed by atoms with E-state index in [0.29, 0.717) is 5.41 Å². The van der Waals surface area contributed by atoms with Crippen molar-refractivity contribution in [2.75, 3.05) is 19.3 Å². The lowest BCUT2D eigenvalue weighted by Crippen LogP contribution is -2.41. The van der Waals surface area contributed by atoms with Crippen LogP contribution in [0.25, 0.3) is 0 Å². The van der Waals surface area contributed by atoms with E-state index in [-0.39, 0.29) is 5.25 Å². The third-order valence-electron chi connectivity index (χ3n) is 4.26. The predicted molar refractivity (Wildman–Crippen MR) is 61.6 cm³/mol. The highest BCUT2D eigenvalue weighted by Gasteiger charge is 2.38. The van der Waals surface area contributed by atoms with E-state index in [0.717, 1.165) is 38.8 Å². The summed E-state index contributed by atoms with van der Waals surface area (Å²) in [5, 5.41) is 3.32. The Balaban J connectivity index is 1.96. The van der Waals surface area contributed by atoms with Gasteiger partial charge in [-0.3, -0.25) is 0 Å². The predicted octanol–water partition coefficient (Wildman–Crippen LogP) is 1.34. The fourth-order valence-corrected chi connectivity index (χ4v) is 4.18. The molecule has 0 amide bonds. The zero-order valence-electron chi connectivity index (χ0n) is 9.46. The van der Waals surface area contributed by atoms with Crippen molar-refractivity contribution in [1.82, 2.24) is 5.32 Å². The van der Waals surface area contributed by atoms with Gasteiger partial charge in [-0.1, -0.05) is 0 Å². The molecule has 0 atom stereocenters. The van der Waals surface area contributed by atoms with Gasteiger partial charge in [0, 0.05) is 6.26 Å². The van der Waals surface area contributed by atoms with Crippen molar-refractivity contribution in [3.05, 3.63) is 0 Å². The number of sulfone groups is 1. The van der Waals surface area contributed by atoms with Crippen molar-refractivity contribution in [3.63, 3.8) is 0 Å². The molecule has 0 unspecified atom stereocenters. The quantitative estimate of drug-likeness (QED) is 0.741. The van der Waals surface area contributed by atoms with E-state index in [1.54, 1.807) is 0 Å². The number of nitrogens with one attached hydrogen (secondary N) is 1. The van der Waals surface area contributed by atoms with Crippen molar-refractivity contribution in [2.24, 2.45) is 5.41 Å². The molecule has 2 rings (SSSR count). The second-order valence-corrected chi connectivity index (χ2v) is 7.60. The SMILES string of the molecule is CS(=O)(=O)C1CCC2(CCNCC2)CC1. The Morgan fingerprint density at radius 1 is 1.07 bits per heavy atom. The molecular weight excluding hydrogens is 210 g/mol. The lowest BCUT2D eigenvalue weighted by Gasteiger charge is -2.42. The molecule has 1 saturated carbocycles. The highest BCUT2D eigenvalue weighted by molar-refractivity contribution is 7.91. The summed E-state index contributed by atoms with van der Waals surface area (Å²) in [5.41, 5.74) is 0.479. The molecular formula is C11H21NO2S. The van der Waals surface area contributed by atoms with Crippen LogP contribution in [0.2, 0.25) is 0 Å². The van der Waals surface area contributed by atoms with Gasteiger partial charge >= 0.3 is 0 Å². The van der Waals surface area contributed by atoms with Crippen LogP contribution in [0, 0.1) is 5.41 Å². The van der Waals surface area contributed by atoms with Crippen LogP contribution in [0.15, 0.2) is 0 Å². The van der Waals surface area contributed by atoms with E-state index in [4.69, 9.17) is 0 Å². The number of hydrogen-bond donors (Lipinski definition) is 1. The van der Waals surface area contributed by atoms with Crippen LogP contribution >= 0.6 is 0 Å². The Morgan fingerprint density at radius 2 is 1.60 bits per heavy atom. The third-order valence-corrected chi connectivity index (χ3v) is 5.95. The molecule has 0 aromatic rings. The number of piperidine rings is 1. The van der Waals surface area contributed by atoms with Crippen molar-refractivity contribution in [1.29, 1.82) is 0 Å². The highest BCUT2D eigenvalue weighted by atomic mass is 32.2. The minimum atomic E-state index is -2.80. The lowest BCUT2D eigenvalue weighted by atomic mass is 9.68. The Bertz CT molecular complexity index is 307. The minimum absolute atomic E-state index is 0.0574. The van der Waals surface area contributed by atoms with Crippen molar-refractivity contribution in [3.8, 4) is 0 Å². The van der Waals surface area contributed by atoms with E-state index >= 15 is 0 Å². The van der Waals surface area contributed by atoms with Gasteiger partial charge in [-0.2, -0.15) is 0 Å². The largest absolute Gasteiger partial charge is 0.317 e. The molecule has 1 aliphatic carbocycles. The second-order valence-electron chi connectivity index (χ2n) is 5.28. The summed E-state index contributed by atoms with van der Waals surface area (Å²) in [7, 11) is -2.80. The van der Waals surface area contributed by atoms with Gasteiger partial charge in [-0.15, -0.1) is 0 Å². The summed E-state index contributed by atoms with van der Waals surface area (Å²) in [6.07, 6.45) is 7.88. The summed E-state index contributed by atoms with van der Waals surface area (Å²) in [5.74, 6) is 0. The van der Waals surface area contributed by atoms with Gasteiger partial charge in [0.15, 0.2) is 0 Å². The van der Waals surface area contributed by atoms with E-state index < -0.39 is 9.84 Å². The molecule has 1 aliphatic heterocycles. The lowest BCUT2D eigenvalue weighted by molar-refractivity contribution is 0.135. The minimum Gasteiger partial charge on any atom is -0.317 e. The first-order valence-corrected chi connectivity index (χ1v) is 7.87. The van der Waals surface area contributed by atoms with Crippen LogP contribution in [0.4, 0.5) is 0 Å². The number of rotatable bonds is 1. The normalized spacial score (nSPS) is 28.1. The molecule has 1 N–H and O–H groups in total. The summed E-state index contributed by atoms with van der Waals surface area (Å²) in [6, 6.07) is 0. The summed E-state index contributed by atoms with van der Waals surface area (Å²) in [4.78, 5) is 0. The molecule has 88 valence electrons. The topological polar surface area (TPSA) is 46.2 Å². The van der Waals surface area contributed by atoms with Crippen molar-refractivity contribution >= 4 is 9.84 Å². The monoisotopic (exact) mass is 231 g/mol. The average Bonchev–Trinajstić information content (AvgIpc) is 2.18. The van der Waals surface area contributed by atoms with Gasteiger partial charge in [0.2, 0.25) is 0 Å². The first-order chi connectivity index (χ1) is 7.02. The Kier molecular flexibility index (Phi) is 3.08. The number of hydrogen-bond acceptors (Lipinski definition) is 3. The molecule has 2 fully saturated rings. The van der Waals surface area contributed by atoms with Gasteiger partial charge < -0.3 is 5.32 Å². The zero-order valence-corrected chi connectivity index (χ0v) is 10.3. The van der Waals surface area contributed by atoms with Crippen LogP contribution in [0.5, 0.6) is 0 Å². The summed E-state index contributed by atoms with van der Waals surface area (Å²) >= 11 is 0. The van der Waals surface area contributed by atoms with Crippen LogP contribution in [0.3, 0.4) is 0 Å². The molecule has 4 heteroatoms. The zero-order chi connectivity index (χ0) is 10.9.